The van der Waals surface area contributed by atoms with E-state index in [4.69, 9.17) is 22.1 Å². The van der Waals surface area contributed by atoms with Crippen molar-refractivity contribution in [2.45, 2.75) is 0 Å². The summed E-state index contributed by atoms with van der Waals surface area (Å²) in [7, 11) is 0. The molecule has 0 heterocycles. The third-order valence-corrected chi connectivity index (χ3v) is 2.85. The minimum absolute atomic E-state index is 0.0808. The number of amides is 1. The summed E-state index contributed by atoms with van der Waals surface area (Å²) in [5.74, 6) is -1.95. The molecule has 2 aromatic carbocycles. The molecule has 110 valence electrons. The van der Waals surface area contributed by atoms with Crippen LogP contribution in [0.4, 0.5) is 20.2 Å². The average molecular weight is 313 g/mol. The number of rotatable bonds is 4. The minimum Gasteiger partial charge on any atom is -0.481 e. The number of hydrogen-bond acceptors (Lipinski definition) is 3. The highest BCUT2D eigenvalue weighted by Crippen LogP contribution is 2.24. The molecule has 0 aliphatic rings. The summed E-state index contributed by atoms with van der Waals surface area (Å²) < 4.78 is 31.4. The molecule has 3 N–H and O–H groups in total. The second-order valence-electron chi connectivity index (χ2n) is 4.12. The summed E-state index contributed by atoms with van der Waals surface area (Å²) in [5.41, 5.74) is 5.88. The van der Waals surface area contributed by atoms with E-state index >= 15 is 0 Å². The van der Waals surface area contributed by atoms with E-state index in [0.717, 1.165) is 12.1 Å². The molecule has 2 rings (SSSR count). The fourth-order valence-electron chi connectivity index (χ4n) is 1.57. The van der Waals surface area contributed by atoms with Gasteiger partial charge in [-0.2, -0.15) is 0 Å². The van der Waals surface area contributed by atoms with E-state index in [-0.39, 0.29) is 22.1 Å². The molecular formula is C14H11ClF2N2O2. The second kappa shape index (κ2) is 6.41. The predicted octanol–water partition coefficient (Wildman–Crippen LogP) is 3.22. The maximum absolute atomic E-state index is 13.5. The summed E-state index contributed by atoms with van der Waals surface area (Å²) in [6, 6.07) is 7.76. The summed E-state index contributed by atoms with van der Waals surface area (Å²) in [5, 5.41) is 2.33. The molecule has 0 aliphatic carbocycles. The lowest BCUT2D eigenvalue weighted by Gasteiger charge is -2.10. The van der Waals surface area contributed by atoms with Gasteiger partial charge >= 0.3 is 0 Å². The van der Waals surface area contributed by atoms with Crippen LogP contribution in [0.2, 0.25) is 5.02 Å². The summed E-state index contributed by atoms with van der Waals surface area (Å²) in [4.78, 5) is 11.7. The third-order valence-electron chi connectivity index (χ3n) is 2.56. The number of carbonyl (C=O) groups is 1. The zero-order valence-corrected chi connectivity index (χ0v) is 11.5. The zero-order valence-electron chi connectivity index (χ0n) is 10.7. The van der Waals surface area contributed by atoms with Gasteiger partial charge in [0.25, 0.3) is 5.91 Å². The number of nitrogens with two attached hydrogens (primary N) is 1. The largest absolute Gasteiger partial charge is 0.481 e. The number of ether oxygens (including phenoxy) is 1. The van der Waals surface area contributed by atoms with Gasteiger partial charge in [0.2, 0.25) is 0 Å². The number of carbonyl (C=O) groups excluding carboxylic acids is 1. The van der Waals surface area contributed by atoms with Crippen LogP contribution in [0.1, 0.15) is 0 Å². The van der Waals surface area contributed by atoms with Crippen molar-refractivity contribution in [1.82, 2.24) is 0 Å². The Morgan fingerprint density at radius 3 is 2.76 bits per heavy atom. The van der Waals surface area contributed by atoms with Gasteiger partial charge in [0.1, 0.15) is 5.82 Å². The van der Waals surface area contributed by atoms with Gasteiger partial charge in [-0.1, -0.05) is 17.7 Å². The van der Waals surface area contributed by atoms with Gasteiger partial charge in [-0.15, -0.1) is 0 Å². The van der Waals surface area contributed by atoms with Crippen LogP contribution in [0, 0.1) is 11.6 Å². The second-order valence-corrected chi connectivity index (χ2v) is 4.53. The van der Waals surface area contributed by atoms with Gasteiger partial charge in [-0.25, -0.2) is 8.78 Å². The highest BCUT2D eigenvalue weighted by Gasteiger charge is 2.11. The van der Waals surface area contributed by atoms with Crippen LogP contribution in [0.3, 0.4) is 0 Å². The van der Waals surface area contributed by atoms with E-state index < -0.39 is 24.1 Å². The molecule has 4 nitrogen and oxygen atoms in total. The fourth-order valence-corrected chi connectivity index (χ4v) is 1.74. The van der Waals surface area contributed by atoms with Crippen molar-refractivity contribution >= 4 is 28.9 Å². The first-order valence-corrected chi connectivity index (χ1v) is 6.27. The average Bonchev–Trinajstić information content (AvgIpc) is 2.43. The lowest BCUT2D eigenvalue weighted by atomic mass is 10.2. The van der Waals surface area contributed by atoms with Gasteiger partial charge in [0.15, 0.2) is 18.2 Å². The maximum atomic E-state index is 13.5. The van der Waals surface area contributed by atoms with E-state index in [9.17, 15) is 13.6 Å². The molecule has 0 bridgehead atoms. The first kappa shape index (κ1) is 15.1. The molecule has 0 unspecified atom stereocenters. The number of hydrogen-bond donors (Lipinski definition) is 2. The molecular weight excluding hydrogens is 302 g/mol. The molecule has 0 radical (unpaired) electrons. The van der Waals surface area contributed by atoms with Crippen LogP contribution in [-0.2, 0) is 4.79 Å². The third kappa shape index (κ3) is 3.82. The van der Waals surface area contributed by atoms with Crippen LogP contribution in [0.15, 0.2) is 36.4 Å². The SMILES string of the molecule is Nc1cc(F)ccc1NC(=O)COc1cccc(Cl)c1F. The lowest BCUT2D eigenvalue weighted by molar-refractivity contribution is -0.118. The van der Waals surface area contributed by atoms with Crippen molar-refractivity contribution in [3.63, 3.8) is 0 Å². The number of anilines is 2. The Morgan fingerprint density at radius 2 is 2.05 bits per heavy atom. The Morgan fingerprint density at radius 1 is 1.29 bits per heavy atom. The molecule has 0 aromatic heterocycles. The van der Waals surface area contributed by atoms with E-state index in [2.05, 4.69) is 5.32 Å². The van der Waals surface area contributed by atoms with Crippen molar-refractivity contribution in [2.24, 2.45) is 0 Å². The predicted molar refractivity (Wildman–Crippen MR) is 76.3 cm³/mol. The van der Waals surface area contributed by atoms with E-state index in [0.29, 0.717) is 0 Å². The van der Waals surface area contributed by atoms with Gasteiger partial charge in [-0.3, -0.25) is 4.79 Å². The van der Waals surface area contributed by atoms with Gasteiger partial charge in [0, 0.05) is 0 Å². The Kier molecular flexibility index (Phi) is 4.59. The van der Waals surface area contributed by atoms with Crippen molar-refractivity contribution in [2.75, 3.05) is 17.7 Å². The topological polar surface area (TPSA) is 64.3 Å². The van der Waals surface area contributed by atoms with Crippen LogP contribution in [-0.4, -0.2) is 12.5 Å². The minimum atomic E-state index is -0.742. The van der Waals surface area contributed by atoms with Crippen LogP contribution >= 0.6 is 11.6 Å². The van der Waals surface area contributed by atoms with Gasteiger partial charge in [0.05, 0.1) is 16.4 Å². The Balaban J connectivity index is 1.97. The van der Waals surface area contributed by atoms with E-state index in [1.165, 1.54) is 24.3 Å². The monoisotopic (exact) mass is 312 g/mol. The quantitative estimate of drug-likeness (QED) is 0.852. The highest BCUT2D eigenvalue weighted by atomic mass is 35.5. The molecule has 7 heteroatoms. The Hall–Kier alpha value is -2.34. The van der Waals surface area contributed by atoms with Crippen LogP contribution in [0.5, 0.6) is 5.75 Å². The number of nitrogens with one attached hydrogen (secondary N) is 1. The molecule has 0 atom stereocenters. The molecule has 21 heavy (non-hydrogen) atoms. The summed E-state index contributed by atoms with van der Waals surface area (Å²) >= 11 is 5.59. The summed E-state index contributed by atoms with van der Waals surface area (Å²) in [6.07, 6.45) is 0. The van der Waals surface area contributed by atoms with Crippen molar-refractivity contribution in [3.8, 4) is 5.75 Å². The molecule has 1 amide bonds. The van der Waals surface area contributed by atoms with Crippen LogP contribution in [0.25, 0.3) is 0 Å². The lowest BCUT2D eigenvalue weighted by Crippen LogP contribution is -2.21. The first-order valence-electron chi connectivity index (χ1n) is 5.89. The number of benzene rings is 2. The standard InChI is InChI=1S/C14H11ClF2N2O2/c15-9-2-1-3-12(14(9)17)21-7-13(20)19-11-5-4-8(16)6-10(11)18/h1-6H,7,18H2,(H,19,20). The molecule has 2 aromatic rings. The molecule has 0 saturated carbocycles. The normalized spacial score (nSPS) is 10.2. The van der Waals surface area contributed by atoms with Crippen molar-refractivity contribution in [1.29, 1.82) is 0 Å². The highest BCUT2D eigenvalue weighted by molar-refractivity contribution is 6.30. The smallest absolute Gasteiger partial charge is 0.262 e. The molecule has 0 saturated heterocycles. The zero-order chi connectivity index (χ0) is 15.4. The number of nitrogen functional groups attached to an aromatic ring is 1. The van der Waals surface area contributed by atoms with Gasteiger partial charge in [-0.05, 0) is 30.3 Å². The summed E-state index contributed by atoms with van der Waals surface area (Å²) in [6.45, 7) is -0.436. The van der Waals surface area contributed by atoms with Crippen molar-refractivity contribution in [3.05, 3.63) is 53.1 Å². The van der Waals surface area contributed by atoms with Crippen molar-refractivity contribution < 1.29 is 18.3 Å². The Labute approximate surface area is 124 Å². The van der Waals surface area contributed by atoms with E-state index in [1.54, 1.807) is 0 Å². The van der Waals surface area contributed by atoms with E-state index in [1.807, 2.05) is 0 Å². The first-order chi connectivity index (χ1) is 9.97. The fraction of sp³-hybridized carbons (Fsp3) is 0.0714. The molecule has 0 fully saturated rings. The van der Waals surface area contributed by atoms with Gasteiger partial charge < -0.3 is 15.8 Å². The maximum Gasteiger partial charge on any atom is 0.262 e. The number of halogens is 3. The molecule has 0 spiro atoms. The Bertz CT molecular complexity index is 680. The molecule has 0 aliphatic heterocycles. The van der Waals surface area contributed by atoms with Crippen LogP contribution < -0.4 is 15.8 Å².